The normalized spacial score (nSPS) is 26.1. The molecule has 0 radical (unpaired) electrons. The van der Waals surface area contributed by atoms with E-state index >= 15 is 0 Å². The van der Waals surface area contributed by atoms with Crippen LogP contribution in [0.25, 0.3) is 0 Å². The molecule has 0 aromatic carbocycles. The molecule has 2 N–H and O–H groups in total. The third-order valence-corrected chi connectivity index (χ3v) is 3.27. The number of amides is 2. The number of carbonyl (C=O) groups is 2. The van der Waals surface area contributed by atoms with E-state index in [0.717, 1.165) is 32.5 Å². The lowest BCUT2D eigenvalue weighted by Gasteiger charge is -2.37. The first-order valence-corrected chi connectivity index (χ1v) is 5.93. The van der Waals surface area contributed by atoms with E-state index in [1.807, 2.05) is 4.90 Å². The summed E-state index contributed by atoms with van der Waals surface area (Å²) in [7, 11) is 0. The molecule has 2 fully saturated rings. The van der Waals surface area contributed by atoms with Gasteiger partial charge in [0.15, 0.2) is 0 Å². The molecule has 2 heterocycles. The molecule has 0 bridgehead atoms. The summed E-state index contributed by atoms with van der Waals surface area (Å²) in [6, 6.07) is 0.142. The molecule has 5 heteroatoms. The molecule has 2 aliphatic heterocycles. The van der Waals surface area contributed by atoms with Crippen molar-refractivity contribution in [1.29, 1.82) is 0 Å². The fraction of sp³-hybridized carbons (Fsp3) is 0.818. The molecule has 2 amide bonds. The van der Waals surface area contributed by atoms with Crippen molar-refractivity contribution in [3.63, 3.8) is 0 Å². The maximum Gasteiger partial charge on any atom is 0.228 e. The van der Waals surface area contributed by atoms with E-state index in [9.17, 15) is 9.59 Å². The number of hydrogen-bond donors (Lipinski definition) is 2. The molecular weight excluding hydrogens is 206 g/mol. The Bertz CT molecular complexity index is 289. The van der Waals surface area contributed by atoms with E-state index in [-0.39, 0.29) is 23.8 Å². The van der Waals surface area contributed by atoms with Crippen LogP contribution in [0.5, 0.6) is 0 Å². The minimum atomic E-state index is -0.00962. The molecule has 0 saturated carbocycles. The zero-order valence-electron chi connectivity index (χ0n) is 9.66. The van der Waals surface area contributed by atoms with Gasteiger partial charge in [0, 0.05) is 39.1 Å². The summed E-state index contributed by atoms with van der Waals surface area (Å²) in [5.74, 6) is 0.398. The van der Waals surface area contributed by atoms with Gasteiger partial charge < -0.3 is 15.5 Å². The summed E-state index contributed by atoms with van der Waals surface area (Å²) in [6.45, 7) is 4.65. The largest absolute Gasteiger partial charge is 0.352 e. The number of nitrogens with zero attached hydrogens (tertiary/aromatic N) is 1. The van der Waals surface area contributed by atoms with Gasteiger partial charge in [-0.15, -0.1) is 0 Å². The predicted octanol–water partition coefficient (Wildman–Crippen LogP) is -0.667. The van der Waals surface area contributed by atoms with Crippen LogP contribution in [0.4, 0.5) is 0 Å². The van der Waals surface area contributed by atoms with Gasteiger partial charge in [0.25, 0.3) is 0 Å². The van der Waals surface area contributed by atoms with Crippen molar-refractivity contribution in [1.82, 2.24) is 15.5 Å². The Balaban J connectivity index is 1.85. The Morgan fingerprint density at radius 1 is 1.38 bits per heavy atom. The zero-order chi connectivity index (χ0) is 11.5. The highest BCUT2D eigenvalue weighted by Gasteiger charge is 2.32. The predicted molar refractivity (Wildman–Crippen MR) is 59.8 cm³/mol. The minimum absolute atomic E-state index is 0.00962. The molecule has 1 atom stereocenters. The average molecular weight is 225 g/mol. The summed E-state index contributed by atoms with van der Waals surface area (Å²) in [4.78, 5) is 24.8. The van der Waals surface area contributed by atoms with Crippen LogP contribution in [0, 0.1) is 5.92 Å². The Morgan fingerprint density at radius 3 is 2.69 bits per heavy atom. The second-order valence-electron chi connectivity index (χ2n) is 4.68. The first-order chi connectivity index (χ1) is 7.66. The molecule has 1 unspecified atom stereocenters. The Labute approximate surface area is 95.6 Å². The SMILES string of the molecule is CC(=O)NC1CCCN(C(=O)C2CNC2)C1. The van der Waals surface area contributed by atoms with Gasteiger partial charge in [0.2, 0.25) is 11.8 Å². The van der Waals surface area contributed by atoms with Crippen LogP contribution >= 0.6 is 0 Å². The van der Waals surface area contributed by atoms with E-state index in [0.29, 0.717) is 6.54 Å². The molecule has 2 rings (SSSR count). The van der Waals surface area contributed by atoms with Crippen LogP contribution < -0.4 is 10.6 Å². The van der Waals surface area contributed by atoms with Crippen molar-refractivity contribution < 1.29 is 9.59 Å². The van der Waals surface area contributed by atoms with Crippen LogP contribution in [0.3, 0.4) is 0 Å². The quantitative estimate of drug-likeness (QED) is 0.655. The first kappa shape index (κ1) is 11.4. The molecule has 2 aliphatic rings. The van der Waals surface area contributed by atoms with Crippen molar-refractivity contribution in [3.8, 4) is 0 Å². The monoisotopic (exact) mass is 225 g/mol. The topological polar surface area (TPSA) is 61.4 Å². The number of piperidine rings is 1. The van der Waals surface area contributed by atoms with Crippen LogP contribution in [0.15, 0.2) is 0 Å². The number of hydrogen-bond acceptors (Lipinski definition) is 3. The maximum atomic E-state index is 12.0. The summed E-state index contributed by atoms with van der Waals surface area (Å²) >= 11 is 0. The molecule has 0 aliphatic carbocycles. The second kappa shape index (κ2) is 4.82. The third-order valence-electron chi connectivity index (χ3n) is 3.27. The summed E-state index contributed by atoms with van der Waals surface area (Å²) in [5.41, 5.74) is 0. The number of carbonyl (C=O) groups excluding carboxylic acids is 2. The second-order valence-corrected chi connectivity index (χ2v) is 4.68. The van der Waals surface area contributed by atoms with Crippen molar-refractivity contribution in [3.05, 3.63) is 0 Å². The lowest BCUT2D eigenvalue weighted by atomic mass is 9.98. The Morgan fingerprint density at radius 2 is 2.12 bits per heavy atom. The Hall–Kier alpha value is -1.10. The molecule has 16 heavy (non-hydrogen) atoms. The van der Waals surface area contributed by atoms with Gasteiger partial charge in [-0.25, -0.2) is 0 Å². The van der Waals surface area contributed by atoms with Crippen LogP contribution in [-0.2, 0) is 9.59 Å². The molecule has 90 valence electrons. The molecule has 5 nitrogen and oxygen atoms in total. The van der Waals surface area contributed by atoms with Gasteiger partial charge in [-0.2, -0.15) is 0 Å². The summed E-state index contributed by atoms with van der Waals surface area (Å²) in [5, 5.41) is 6.00. The summed E-state index contributed by atoms with van der Waals surface area (Å²) < 4.78 is 0. The minimum Gasteiger partial charge on any atom is -0.352 e. The van der Waals surface area contributed by atoms with Gasteiger partial charge in [0.05, 0.1) is 5.92 Å². The molecular formula is C11H19N3O2. The maximum absolute atomic E-state index is 12.0. The van der Waals surface area contributed by atoms with Crippen LogP contribution in [0.2, 0.25) is 0 Å². The lowest BCUT2D eigenvalue weighted by molar-refractivity contribution is -0.139. The van der Waals surface area contributed by atoms with Crippen molar-refractivity contribution >= 4 is 11.8 Å². The first-order valence-electron chi connectivity index (χ1n) is 5.93. The molecule has 0 aromatic heterocycles. The van der Waals surface area contributed by atoms with Crippen LogP contribution in [0.1, 0.15) is 19.8 Å². The van der Waals surface area contributed by atoms with E-state index in [1.54, 1.807) is 0 Å². The van der Waals surface area contributed by atoms with E-state index in [1.165, 1.54) is 6.92 Å². The van der Waals surface area contributed by atoms with E-state index < -0.39 is 0 Å². The number of rotatable bonds is 2. The smallest absolute Gasteiger partial charge is 0.228 e. The van der Waals surface area contributed by atoms with Crippen molar-refractivity contribution in [2.75, 3.05) is 26.2 Å². The highest BCUT2D eigenvalue weighted by atomic mass is 16.2. The number of likely N-dealkylation sites (tertiary alicyclic amines) is 1. The fourth-order valence-electron chi connectivity index (χ4n) is 2.30. The molecule has 2 saturated heterocycles. The highest BCUT2D eigenvalue weighted by Crippen LogP contribution is 2.15. The standard InChI is InChI=1S/C11H19N3O2/c1-8(15)13-10-3-2-4-14(7-10)11(16)9-5-12-6-9/h9-10,12H,2-7H2,1H3,(H,13,15). The van der Waals surface area contributed by atoms with Gasteiger partial charge in [-0.1, -0.05) is 0 Å². The van der Waals surface area contributed by atoms with Gasteiger partial charge in [-0.3, -0.25) is 9.59 Å². The Kier molecular flexibility index (Phi) is 3.43. The third kappa shape index (κ3) is 2.52. The average Bonchev–Trinajstić information content (AvgIpc) is 2.14. The van der Waals surface area contributed by atoms with Gasteiger partial charge >= 0.3 is 0 Å². The van der Waals surface area contributed by atoms with Gasteiger partial charge in [0.1, 0.15) is 0 Å². The van der Waals surface area contributed by atoms with Gasteiger partial charge in [-0.05, 0) is 12.8 Å². The van der Waals surface area contributed by atoms with E-state index in [4.69, 9.17) is 0 Å². The highest BCUT2D eigenvalue weighted by molar-refractivity contribution is 5.80. The fourth-order valence-corrected chi connectivity index (χ4v) is 2.30. The van der Waals surface area contributed by atoms with Crippen LogP contribution in [-0.4, -0.2) is 48.9 Å². The van der Waals surface area contributed by atoms with Crippen molar-refractivity contribution in [2.24, 2.45) is 5.92 Å². The number of nitrogens with one attached hydrogen (secondary N) is 2. The lowest BCUT2D eigenvalue weighted by Crippen LogP contribution is -2.56. The summed E-state index contributed by atoms with van der Waals surface area (Å²) in [6.07, 6.45) is 1.96. The zero-order valence-corrected chi connectivity index (χ0v) is 9.66. The molecule has 0 spiro atoms. The molecule has 0 aromatic rings. The van der Waals surface area contributed by atoms with Crippen molar-refractivity contribution in [2.45, 2.75) is 25.8 Å². The van der Waals surface area contributed by atoms with E-state index in [2.05, 4.69) is 10.6 Å².